The topological polar surface area (TPSA) is 21.3 Å². The maximum atomic E-state index is 13.6. The maximum Gasteiger partial charge on any atom is 0.137 e. The van der Waals surface area contributed by atoms with Gasteiger partial charge >= 0.3 is 0 Å². The monoisotopic (exact) mass is 241 g/mol. The van der Waals surface area contributed by atoms with E-state index in [1.807, 2.05) is 6.07 Å². The molecule has 88 valence electrons. The van der Waals surface area contributed by atoms with Crippen molar-refractivity contribution in [2.24, 2.45) is 0 Å². The summed E-state index contributed by atoms with van der Waals surface area (Å²) in [7, 11) is 1.69. The Labute approximate surface area is 99.6 Å². The highest BCUT2D eigenvalue weighted by molar-refractivity contribution is 7.99. The predicted octanol–water partition coefficient (Wildman–Crippen LogP) is 2.60. The van der Waals surface area contributed by atoms with Crippen LogP contribution < -0.4 is 5.32 Å². The van der Waals surface area contributed by atoms with Gasteiger partial charge in [-0.25, -0.2) is 4.39 Å². The number of methoxy groups -OCH3 is 1. The van der Waals surface area contributed by atoms with Gasteiger partial charge in [-0.1, -0.05) is 12.1 Å². The summed E-state index contributed by atoms with van der Waals surface area (Å²) in [4.78, 5) is 0.809. The Bertz CT molecular complexity index is 359. The lowest BCUT2D eigenvalue weighted by atomic mass is 10.0. The molecule has 0 radical (unpaired) electrons. The van der Waals surface area contributed by atoms with Crippen molar-refractivity contribution in [2.45, 2.75) is 17.4 Å². The fourth-order valence-electron chi connectivity index (χ4n) is 1.93. The van der Waals surface area contributed by atoms with Crippen molar-refractivity contribution in [1.29, 1.82) is 0 Å². The first-order valence-corrected chi connectivity index (χ1v) is 6.45. The van der Waals surface area contributed by atoms with Crippen molar-refractivity contribution in [1.82, 2.24) is 5.32 Å². The van der Waals surface area contributed by atoms with E-state index < -0.39 is 0 Å². The zero-order chi connectivity index (χ0) is 11.4. The van der Waals surface area contributed by atoms with Crippen LogP contribution in [0, 0.1) is 5.82 Å². The first-order valence-electron chi connectivity index (χ1n) is 5.46. The molecule has 1 aromatic rings. The lowest BCUT2D eigenvalue weighted by molar-refractivity contribution is 0.195. The van der Waals surface area contributed by atoms with Gasteiger partial charge in [0.1, 0.15) is 5.82 Å². The van der Waals surface area contributed by atoms with Gasteiger partial charge in [-0.05, 0) is 23.8 Å². The van der Waals surface area contributed by atoms with Crippen molar-refractivity contribution in [3.05, 3.63) is 29.6 Å². The fraction of sp³-hybridized carbons (Fsp3) is 0.500. The van der Waals surface area contributed by atoms with E-state index in [0.29, 0.717) is 6.61 Å². The van der Waals surface area contributed by atoms with Crippen molar-refractivity contribution in [2.75, 3.05) is 26.0 Å². The van der Waals surface area contributed by atoms with Gasteiger partial charge in [-0.15, -0.1) is 11.8 Å². The quantitative estimate of drug-likeness (QED) is 0.819. The van der Waals surface area contributed by atoms with Crippen LogP contribution in [0.3, 0.4) is 0 Å². The van der Waals surface area contributed by atoms with Crippen LogP contribution in [0.15, 0.2) is 23.1 Å². The number of benzene rings is 1. The molecule has 1 aromatic carbocycles. The number of hydrogen-bond donors (Lipinski definition) is 1. The second-order valence-electron chi connectivity index (χ2n) is 3.79. The van der Waals surface area contributed by atoms with Gasteiger partial charge < -0.3 is 10.1 Å². The minimum absolute atomic E-state index is 0.0965. The fourth-order valence-corrected chi connectivity index (χ4v) is 3.07. The van der Waals surface area contributed by atoms with Gasteiger partial charge in [0, 0.05) is 24.6 Å². The molecule has 0 aliphatic carbocycles. The summed E-state index contributed by atoms with van der Waals surface area (Å²) in [6, 6.07) is 5.59. The summed E-state index contributed by atoms with van der Waals surface area (Å²) in [5, 5.41) is 3.40. The van der Waals surface area contributed by atoms with Crippen LogP contribution in [-0.4, -0.2) is 26.0 Å². The van der Waals surface area contributed by atoms with E-state index in [9.17, 15) is 4.39 Å². The van der Waals surface area contributed by atoms with Gasteiger partial charge in [-0.3, -0.25) is 0 Å². The zero-order valence-corrected chi connectivity index (χ0v) is 10.1. The first-order chi connectivity index (χ1) is 7.83. The Balaban J connectivity index is 2.10. The number of fused-ring (bicyclic) bond motifs is 1. The standard InChI is InChI=1S/C12H16FNOS/c1-15-7-6-14-11-5-8-16-12-9(11)3-2-4-10(12)13/h2-4,11,14H,5-8H2,1H3. The third-order valence-corrected chi connectivity index (χ3v) is 3.88. The molecule has 1 unspecified atom stereocenters. The lowest BCUT2D eigenvalue weighted by Gasteiger charge is -2.26. The zero-order valence-electron chi connectivity index (χ0n) is 9.33. The number of ether oxygens (including phenoxy) is 1. The molecule has 0 bridgehead atoms. The van der Waals surface area contributed by atoms with E-state index in [1.165, 1.54) is 6.07 Å². The van der Waals surface area contributed by atoms with Crippen molar-refractivity contribution >= 4 is 11.8 Å². The van der Waals surface area contributed by atoms with Gasteiger partial charge in [0.15, 0.2) is 0 Å². The van der Waals surface area contributed by atoms with E-state index in [2.05, 4.69) is 5.32 Å². The number of rotatable bonds is 4. The van der Waals surface area contributed by atoms with Gasteiger partial charge in [0.25, 0.3) is 0 Å². The molecule has 1 aliphatic rings. The highest BCUT2D eigenvalue weighted by atomic mass is 32.2. The molecule has 1 heterocycles. The molecule has 0 saturated heterocycles. The molecule has 2 rings (SSSR count). The van der Waals surface area contributed by atoms with Crippen molar-refractivity contribution in [3.63, 3.8) is 0 Å². The van der Waals surface area contributed by atoms with Crippen LogP contribution in [0.2, 0.25) is 0 Å². The van der Waals surface area contributed by atoms with Gasteiger partial charge in [0.2, 0.25) is 0 Å². The predicted molar refractivity (Wildman–Crippen MR) is 64.4 cm³/mol. The van der Waals surface area contributed by atoms with Crippen LogP contribution in [-0.2, 0) is 4.74 Å². The Hall–Kier alpha value is -0.580. The van der Waals surface area contributed by atoms with E-state index in [1.54, 1.807) is 24.9 Å². The Morgan fingerprint density at radius 2 is 2.44 bits per heavy atom. The molecule has 2 nitrogen and oxygen atoms in total. The molecule has 0 fully saturated rings. The molecule has 16 heavy (non-hydrogen) atoms. The van der Waals surface area contributed by atoms with Crippen molar-refractivity contribution in [3.8, 4) is 0 Å². The van der Waals surface area contributed by atoms with Gasteiger partial charge in [0.05, 0.1) is 6.61 Å². The van der Waals surface area contributed by atoms with Crippen molar-refractivity contribution < 1.29 is 9.13 Å². The van der Waals surface area contributed by atoms with E-state index in [0.717, 1.165) is 29.2 Å². The number of nitrogens with one attached hydrogen (secondary N) is 1. The van der Waals surface area contributed by atoms with Crippen LogP contribution in [0.25, 0.3) is 0 Å². The third kappa shape index (κ3) is 2.56. The molecule has 0 amide bonds. The molecular formula is C12H16FNOS. The Kier molecular flexibility index (Phi) is 4.21. The lowest BCUT2D eigenvalue weighted by Crippen LogP contribution is -2.27. The summed E-state index contributed by atoms with van der Waals surface area (Å²) >= 11 is 1.61. The number of hydrogen-bond acceptors (Lipinski definition) is 3. The summed E-state index contributed by atoms with van der Waals surface area (Å²) in [6.45, 7) is 1.50. The number of thioether (sulfide) groups is 1. The van der Waals surface area contributed by atoms with Crippen LogP contribution in [0.5, 0.6) is 0 Å². The largest absolute Gasteiger partial charge is 0.383 e. The molecule has 4 heteroatoms. The third-order valence-electron chi connectivity index (χ3n) is 2.72. The average Bonchev–Trinajstić information content (AvgIpc) is 2.31. The molecule has 0 spiro atoms. The summed E-state index contributed by atoms with van der Waals surface area (Å²) in [6.07, 6.45) is 1.05. The van der Waals surface area contributed by atoms with E-state index >= 15 is 0 Å². The first kappa shape index (κ1) is 11.9. The molecule has 1 atom stereocenters. The summed E-state index contributed by atoms with van der Waals surface area (Å²) < 4.78 is 18.6. The normalized spacial score (nSPS) is 19.5. The SMILES string of the molecule is COCCNC1CCSc2c(F)cccc21. The Morgan fingerprint density at radius 1 is 1.56 bits per heavy atom. The number of halogens is 1. The molecule has 1 N–H and O–H groups in total. The molecule has 0 saturated carbocycles. The minimum Gasteiger partial charge on any atom is -0.383 e. The summed E-state index contributed by atoms with van der Waals surface area (Å²) in [5.41, 5.74) is 1.09. The van der Waals surface area contributed by atoms with Gasteiger partial charge in [-0.2, -0.15) is 0 Å². The second kappa shape index (κ2) is 5.66. The molecule has 0 aromatic heterocycles. The summed E-state index contributed by atoms with van der Waals surface area (Å²) in [5.74, 6) is 0.874. The Morgan fingerprint density at radius 3 is 3.25 bits per heavy atom. The smallest absolute Gasteiger partial charge is 0.137 e. The maximum absolute atomic E-state index is 13.6. The van der Waals surface area contributed by atoms with Crippen LogP contribution in [0.4, 0.5) is 4.39 Å². The molecular weight excluding hydrogens is 225 g/mol. The highest BCUT2D eigenvalue weighted by Crippen LogP contribution is 2.37. The van der Waals surface area contributed by atoms with E-state index in [4.69, 9.17) is 4.74 Å². The van der Waals surface area contributed by atoms with E-state index in [-0.39, 0.29) is 11.9 Å². The van der Waals surface area contributed by atoms with Crippen LogP contribution >= 0.6 is 11.8 Å². The molecule has 1 aliphatic heterocycles. The average molecular weight is 241 g/mol. The second-order valence-corrected chi connectivity index (χ2v) is 4.90. The van der Waals surface area contributed by atoms with Crippen LogP contribution in [0.1, 0.15) is 18.0 Å². The minimum atomic E-state index is -0.0965. The highest BCUT2D eigenvalue weighted by Gasteiger charge is 2.22.